The van der Waals surface area contributed by atoms with Gasteiger partial charge < -0.3 is 11.1 Å². The molecule has 0 spiro atoms. The molecule has 2 rings (SSSR count). The molecule has 1 atom stereocenters. The molecule has 5 heteroatoms. The van der Waals surface area contributed by atoms with Crippen LogP contribution >= 0.6 is 11.3 Å². The van der Waals surface area contributed by atoms with Gasteiger partial charge in [-0.15, -0.1) is 11.3 Å². The van der Waals surface area contributed by atoms with Crippen LogP contribution in [0.3, 0.4) is 0 Å². The Morgan fingerprint density at radius 3 is 3.06 bits per heavy atom. The van der Waals surface area contributed by atoms with Gasteiger partial charge in [0.2, 0.25) is 0 Å². The number of aromatic nitrogens is 1. The molecule has 0 bridgehead atoms. The molecule has 3 N–H and O–H groups in total. The van der Waals surface area contributed by atoms with E-state index in [2.05, 4.69) is 10.3 Å². The van der Waals surface area contributed by atoms with E-state index in [4.69, 9.17) is 5.73 Å². The summed E-state index contributed by atoms with van der Waals surface area (Å²) in [7, 11) is 0. The number of anilines is 1. The molecule has 1 aromatic carbocycles. The summed E-state index contributed by atoms with van der Waals surface area (Å²) < 4.78 is 13.2. The van der Waals surface area contributed by atoms with Crippen molar-refractivity contribution in [1.82, 2.24) is 10.3 Å². The van der Waals surface area contributed by atoms with E-state index in [1.807, 2.05) is 18.4 Å². The molecule has 0 saturated heterocycles. The number of halogens is 1. The van der Waals surface area contributed by atoms with Crippen molar-refractivity contribution in [3.63, 3.8) is 0 Å². The molecule has 90 valence electrons. The van der Waals surface area contributed by atoms with E-state index >= 15 is 0 Å². The van der Waals surface area contributed by atoms with Crippen LogP contribution in [0.25, 0.3) is 0 Å². The predicted molar refractivity (Wildman–Crippen MR) is 68.2 cm³/mol. The van der Waals surface area contributed by atoms with Crippen LogP contribution in [0.1, 0.15) is 23.5 Å². The Hall–Kier alpha value is -1.46. The average Bonchev–Trinajstić information content (AvgIpc) is 2.84. The van der Waals surface area contributed by atoms with E-state index in [1.54, 1.807) is 23.6 Å². The molecule has 0 fully saturated rings. The van der Waals surface area contributed by atoms with Crippen molar-refractivity contribution < 1.29 is 4.39 Å². The maximum absolute atomic E-state index is 13.2. The van der Waals surface area contributed by atoms with Gasteiger partial charge in [0.15, 0.2) is 0 Å². The zero-order valence-electron chi connectivity index (χ0n) is 9.48. The minimum Gasteiger partial charge on any atom is -0.396 e. The summed E-state index contributed by atoms with van der Waals surface area (Å²) in [6.07, 6.45) is 1.77. The van der Waals surface area contributed by atoms with Gasteiger partial charge in [0.05, 0.1) is 11.7 Å². The summed E-state index contributed by atoms with van der Waals surface area (Å²) in [6, 6.07) is 4.98. The average molecular weight is 251 g/mol. The van der Waals surface area contributed by atoms with Crippen molar-refractivity contribution in [3.8, 4) is 0 Å². The summed E-state index contributed by atoms with van der Waals surface area (Å²) in [6.45, 7) is 2.55. The Morgan fingerprint density at radius 2 is 2.35 bits per heavy atom. The molecule has 0 amide bonds. The molecule has 2 aromatic rings. The number of nitrogens with two attached hydrogens (primary N) is 1. The standard InChI is InChI=1S/C12H14FN3S/c1-8(12-15-5-6-17-12)16-7-9-3-2-4-10(13)11(9)14/h2-6,8,16H,7,14H2,1H3. The lowest BCUT2D eigenvalue weighted by Gasteiger charge is -2.12. The second-order valence-corrected chi connectivity index (χ2v) is 4.71. The maximum Gasteiger partial charge on any atom is 0.146 e. The number of rotatable bonds is 4. The SMILES string of the molecule is CC(NCc1cccc(F)c1N)c1nccs1. The largest absolute Gasteiger partial charge is 0.396 e. The molecule has 1 heterocycles. The number of nitrogens with zero attached hydrogens (tertiary/aromatic N) is 1. The van der Waals surface area contributed by atoms with Gasteiger partial charge in [-0.2, -0.15) is 0 Å². The predicted octanol–water partition coefficient (Wildman–Crippen LogP) is 2.72. The smallest absolute Gasteiger partial charge is 0.146 e. The number of thiazole rings is 1. The molecule has 0 saturated carbocycles. The van der Waals surface area contributed by atoms with Gasteiger partial charge in [-0.1, -0.05) is 12.1 Å². The van der Waals surface area contributed by atoms with E-state index in [9.17, 15) is 4.39 Å². The quantitative estimate of drug-likeness (QED) is 0.821. The highest BCUT2D eigenvalue weighted by molar-refractivity contribution is 7.09. The van der Waals surface area contributed by atoms with E-state index in [1.165, 1.54) is 6.07 Å². The summed E-state index contributed by atoms with van der Waals surface area (Å²) in [5.74, 6) is -0.369. The number of nitrogen functional groups attached to an aromatic ring is 1. The van der Waals surface area contributed by atoms with Gasteiger partial charge in [-0.05, 0) is 18.6 Å². The van der Waals surface area contributed by atoms with Crippen molar-refractivity contribution in [2.75, 3.05) is 5.73 Å². The van der Waals surface area contributed by atoms with Crippen molar-refractivity contribution >= 4 is 17.0 Å². The molecule has 1 aromatic heterocycles. The van der Waals surface area contributed by atoms with Gasteiger partial charge in [0.1, 0.15) is 10.8 Å². The lowest BCUT2D eigenvalue weighted by Crippen LogP contribution is -2.18. The summed E-state index contributed by atoms with van der Waals surface area (Å²) >= 11 is 1.59. The molecule has 3 nitrogen and oxygen atoms in total. The normalized spacial score (nSPS) is 12.6. The Bertz CT molecular complexity index is 485. The van der Waals surface area contributed by atoms with Crippen LogP contribution in [-0.2, 0) is 6.54 Å². The molecular formula is C12H14FN3S. The second kappa shape index (κ2) is 5.25. The first-order valence-electron chi connectivity index (χ1n) is 5.34. The van der Waals surface area contributed by atoms with Crippen molar-refractivity contribution in [2.45, 2.75) is 19.5 Å². The molecule has 0 radical (unpaired) electrons. The zero-order valence-corrected chi connectivity index (χ0v) is 10.3. The summed E-state index contributed by atoms with van der Waals surface area (Å²) in [4.78, 5) is 4.22. The van der Waals surface area contributed by atoms with Crippen LogP contribution in [0.4, 0.5) is 10.1 Å². The molecule has 0 aliphatic carbocycles. The molecule has 0 aliphatic heterocycles. The number of benzene rings is 1. The first kappa shape index (κ1) is 12.0. The fraction of sp³-hybridized carbons (Fsp3) is 0.250. The van der Waals surface area contributed by atoms with Crippen LogP contribution in [0.15, 0.2) is 29.8 Å². The Kier molecular flexibility index (Phi) is 3.71. The minimum atomic E-state index is -0.369. The first-order chi connectivity index (χ1) is 8.18. The van der Waals surface area contributed by atoms with Gasteiger partial charge in [-0.25, -0.2) is 9.37 Å². The third-order valence-corrected chi connectivity index (χ3v) is 3.52. The lowest BCUT2D eigenvalue weighted by atomic mass is 10.1. The number of nitrogens with one attached hydrogen (secondary N) is 1. The highest BCUT2D eigenvalue weighted by Crippen LogP contribution is 2.18. The first-order valence-corrected chi connectivity index (χ1v) is 6.22. The summed E-state index contributed by atoms with van der Waals surface area (Å²) in [5.41, 5.74) is 6.65. The summed E-state index contributed by atoms with van der Waals surface area (Å²) in [5, 5.41) is 6.22. The van der Waals surface area contributed by atoms with E-state index in [-0.39, 0.29) is 17.5 Å². The molecule has 1 unspecified atom stereocenters. The van der Waals surface area contributed by atoms with E-state index < -0.39 is 0 Å². The Labute approximate surface area is 103 Å². The fourth-order valence-corrected chi connectivity index (χ4v) is 2.20. The van der Waals surface area contributed by atoms with Gasteiger partial charge >= 0.3 is 0 Å². The van der Waals surface area contributed by atoms with Gasteiger partial charge in [-0.3, -0.25) is 0 Å². The topological polar surface area (TPSA) is 50.9 Å². The zero-order chi connectivity index (χ0) is 12.3. The van der Waals surface area contributed by atoms with Gasteiger partial charge in [0.25, 0.3) is 0 Å². The molecular weight excluding hydrogens is 237 g/mol. The third kappa shape index (κ3) is 2.81. The Balaban J connectivity index is 2.00. The van der Waals surface area contributed by atoms with Crippen LogP contribution in [0.2, 0.25) is 0 Å². The van der Waals surface area contributed by atoms with E-state index in [0.29, 0.717) is 6.54 Å². The van der Waals surface area contributed by atoms with Crippen LogP contribution in [-0.4, -0.2) is 4.98 Å². The molecule has 17 heavy (non-hydrogen) atoms. The van der Waals surface area contributed by atoms with Gasteiger partial charge in [0, 0.05) is 18.1 Å². The van der Waals surface area contributed by atoms with Crippen LogP contribution < -0.4 is 11.1 Å². The van der Waals surface area contributed by atoms with Crippen molar-refractivity contribution in [2.24, 2.45) is 0 Å². The lowest BCUT2D eigenvalue weighted by molar-refractivity contribution is 0.568. The van der Waals surface area contributed by atoms with Crippen LogP contribution in [0, 0.1) is 5.82 Å². The third-order valence-electron chi connectivity index (χ3n) is 2.56. The molecule has 0 aliphatic rings. The fourth-order valence-electron chi connectivity index (χ4n) is 1.53. The highest BCUT2D eigenvalue weighted by atomic mass is 32.1. The van der Waals surface area contributed by atoms with E-state index in [0.717, 1.165) is 10.6 Å². The Morgan fingerprint density at radius 1 is 1.53 bits per heavy atom. The number of hydrogen-bond acceptors (Lipinski definition) is 4. The van der Waals surface area contributed by atoms with Crippen molar-refractivity contribution in [1.29, 1.82) is 0 Å². The maximum atomic E-state index is 13.2. The minimum absolute atomic E-state index is 0.137. The highest BCUT2D eigenvalue weighted by Gasteiger charge is 2.09. The number of hydrogen-bond donors (Lipinski definition) is 2. The number of para-hydroxylation sites is 1. The van der Waals surface area contributed by atoms with Crippen LogP contribution in [0.5, 0.6) is 0 Å². The second-order valence-electron chi connectivity index (χ2n) is 3.79. The monoisotopic (exact) mass is 251 g/mol. The van der Waals surface area contributed by atoms with Crippen molar-refractivity contribution in [3.05, 3.63) is 46.2 Å².